The lowest BCUT2D eigenvalue weighted by Gasteiger charge is -2.13. The number of rotatable bonds is 5. The molecule has 0 radical (unpaired) electrons. The Morgan fingerprint density at radius 3 is 2.48 bits per heavy atom. The molecule has 2 aromatic rings. The summed E-state index contributed by atoms with van der Waals surface area (Å²) < 4.78 is 13.5. The highest BCUT2D eigenvalue weighted by molar-refractivity contribution is 6.33. The van der Waals surface area contributed by atoms with E-state index in [1.54, 1.807) is 13.0 Å². The van der Waals surface area contributed by atoms with E-state index >= 15 is 0 Å². The highest BCUT2D eigenvalue weighted by Gasteiger charge is 2.08. The summed E-state index contributed by atoms with van der Waals surface area (Å²) in [5.74, 6) is -0.264. The number of hydrogen-bond donors (Lipinski definition) is 1. The van der Waals surface area contributed by atoms with Crippen LogP contribution in [0.15, 0.2) is 36.4 Å². The zero-order valence-corrected chi connectivity index (χ0v) is 13.5. The van der Waals surface area contributed by atoms with Crippen molar-refractivity contribution in [3.05, 3.63) is 58.4 Å². The Labute approximate surface area is 131 Å². The Kier molecular flexibility index (Phi) is 5.38. The SMILES string of the molecule is CCNC(C)Cc1ccc(-c2cc(C)c(F)cc2Cl)cc1. The summed E-state index contributed by atoms with van der Waals surface area (Å²) in [7, 11) is 0. The predicted octanol–water partition coefficient (Wildman–Crippen LogP) is 5.00. The average molecular weight is 306 g/mol. The van der Waals surface area contributed by atoms with Crippen LogP contribution in [0.1, 0.15) is 25.0 Å². The number of likely N-dealkylation sites (N-methyl/N-ethyl adjacent to an activating group) is 1. The molecule has 2 aromatic carbocycles. The van der Waals surface area contributed by atoms with Crippen molar-refractivity contribution in [2.24, 2.45) is 0 Å². The molecule has 0 amide bonds. The average Bonchev–Trinajstić information content (AvgIpc) is 2.44. The van der Waals surface area contributed by atoms with Crippen molar-refractivity contribution in [1.29, 1.82) is 0 Å². The van der Waals surface area contributed by atoms with Gasteiger partial charge in [0.25, 0.3) is 0 Å². The Bertz CT molecular complexity index is 607. The van der Waals surface area contributed by atoms with Crippen molar-refractivity contribution in [1.82, 2.24) is 5.32 Å². The Morgan fingerprint density at radius 1 is 1.19 bits per heavy atom. The van der Waals surface area contributed by atoms with E-state index in [9.17, 15) is 4.39 Å². The lowest BCUT2D eigenvalue weighted by atomic mass is 9.99. The Morgan fingerprint density at radius 2 is 1.86 bits per heavy atom. The molecule has 0 saturated heterocycles. The van der Waals surface area contributed by atoms with Crippen molar-refractivity contribution in [3.63, 3.8) is 0 Å². The van der Waals surface area contributed by atoms with E-state index in [4.69, 9.17) is 11.6 Å². The predicted molar refractivity (Wildman–Crippen MR) is 88.4 cm³/mol. The zero-order chi connectivity index (χ0) is 15.4. The van der Waals surface area contributed by atoms with Gasteiger partial charge in [-0.2, -0.15) is 0 Å². The molecule has 0 aliphatic rings. The van der Waals surface area contributed by atoms with Crippen molar-refractivity contribution < 1.29 is 4.39 Å². The summed E-state index contributed by atoms with van der Waals surface area (Å²) in [6.07, 6.45) is 0.990. The van der Waals surface area contributed by atoms with Crippen LogP contribution >= 0.6 is 11.6 Å². The van der Waals surface area contributed by atoms with E-state index in [1.165, 1.54) is 11.6 Å². The molecule has 0 aromatic heterocycles. The lowest BCUT2D eigenvalue weighted by Crippen LogP contribution is -2.27. The number of benzene rings is 2. The normalized spacial score (nSPS) is 12.4. The van der Waals surface area contributed by atoms with Crippen LogP contribution in [0.25, 0.3) is 11.1 Å². The van der Waals surface area contributed by atoms with Crippen molar-refractivity contribution in [2.45, 2.75) is 33.2 Å². The number of nitrogens with one attached hydrogen (secondary N) is 1. The van der Waals surface area contributed by atoms with Gasteiger partial charge in [0.1, 0.15) is 5.82 Å². The smallest absolute Gasteiger partial charge is 0.127 e. The van der Waals surface area contributed by atoms with E-state index < -0.39 is 0 Å². The molecular formula is C18H21ClFN. The van der Waals surface area contributed by atoms with E-state index in [1.807, 2.05) is 12.1 Å². The maximum atomic E-state index is 13.5. The van der Waals surface area contributed by atoms with Crippen molar-refractivity contribution in [2.75, 3.05) is 6.54 Å². The highest BCUT2D eigenvalue weighted by atomic mass is 35.5. The Hall–Kier alpha value is -1.38. The zero-order valence-electron chi connectivity index (χ0n) is 12.7. The molecule has 0 fully saturated rings. The minimum Gasteiger partial charge on any atom is -0.314 e. The highest BCUT2D eigenvalue weighted by Crippen LogP contribution is 2.30. The molecule has 0 heterocycles. The molecule has 1 nitrogen and oxygen atoms in total. The van der Waals surface area contributed by atoms with Crippen LogP contribution in [-0.4, -0.2) is 12.6 Å². The van der Waals surface area contributed by atoms with E-state index in [0.717, 1.165) is 24.1 Å². The molecule has 0 spiro atoms. The monoisotopic (exact) mass is 305 g/mol. The standard InChI is InChI=1S/C18H21ClFN/c1-4-21-13(3)10-14-5-7-15(8-6-14)16-9-12(2)18(20)11-17(16)19/h5-9,11,13,21H,4,10H2,1-3H3. The molecule has 2 rings (SSSR count). The maximum Gasteiger partial charge on any atom is 0.127 e. The van der Waals surface area contributed by atoms with E-state index in [-0.39, 0.29) is 5.82 Å². The second-order valence-electron chi connectivity index (χ2n) is 5.44. The third-order valence-corrected chi connectivity index (χ3v) is 3.92. The van der Waals surface area contributed by atoms with Crippen LogP contribution in [0.2, 0.25) is 5.02 Å². The molecule has 0 saturated carbocycles. The second-order valence-corrected chi connectivity index (χ2v) is 5.85. The molecule has 0 bridgehead atoms. The topological polar surface area (TPSA) is 12.0 Å². The lowest BCUT2D eigenvalue weighted by molar-refractivity contribution is 0.565. The quantitative estimate of drug-likeness (QED) is 0.820. The number of hydrogen-bond acceptors (Lipinski definition) is 1. The van der Waals surface area contributed by atoms with Gasteiger partial charge in [-0.05, 0) is 55.6 Å². The summed E-state index contributed by atoms with van der Waals surface area (Å²) in [5.41, 5.74) is 3.78. The molecule has 3 heteroatoms. The fourth-order valence-electron chi connectivity index (χ4n) is 2.47. The first-order valence-corrected chi connectivity index (χ1v) is 7.67. The number of halogens is 2. The van der Waals surface area contributed by atoms with Crippen LogP contribution in [-0.2, 0) is 6.42 Å². The molecule has 1 atom stereocenters. The number of aryl methyl sites for hydroxylation is 1. The van der Waals surface area contributed by atoms with Crippen LogP contribution in [0.3, 0.4) is 0 Å². The van der Waals surface area contributed by atoms with Crippen molar-refractivity contribution in [3.8, 4) is 11.1 Å². The summed E-state index contributed by atoms with van der Waals surface area (Å²) in [5, 5.41) is 3.85. The van der Waals surface area contributed by atoms with Crippen molar-refractivity contribution >= 4 is 11.6 Å². The molecule has 112 valence electrons. The molecule has 0 aliphatic heterocycles. The maximum absolute atomic E-state index is 13.5. The molecule has 1 N–H and O–H groups in total. The van der Waals surface area contributed by atoms with Crippen LogP contribution in [0.4, 0.5) is 4.39 Å². The summed E-state index contributed by atoms with van der Waals surface area (Å²) in [6, 6.07) is 12.0. The first kappa shape index (κ1) is 16.0. The van der Waals surface area contributed by atoms with E-state index in [2.05, 4.69) is 31.3 Å². The Balaban J connectivity index is 2.21. The van der Waals surface area contributed by atoms with Gasteiger partial charge in [0.15, 0.2) is 0 Å². The molecular weight excluding hydrogens is 285 g/mol. The largest absolute Gasteiger partial charge is 0.314 e. The third-order valence-electron chi connectivity index (χ3n) is 3.61. The van der Waals surface area contributed by atoms with Crippen LogP contribution < -0.4 is 5.32 Å². The van der Waals surface area contributed by atoms with Gasteiger partial charge >= 0.3 is 0 Å². The van der Waals surface area contributed by atoms with Gasteiger partial charge in [-0.25, -0.2) is 4.39 Å². The van der Waals surface area contributed by atoms with Crippen LogP contribution in [0.5, 0.6) is 0 Å². The summed E-state index contributed by atoms with van der Waals surface area (Å²) >= 11 is 6.15. The van der Waals surface area contributed by atoms with Crippen LogP contribution in [0, 0.1) is 12.7 Å². The van der Waals surface area contributed by atoms with Gasteiger partial charge < -0.3 is 5.32 Å². The van der Waals surface area contributed by atoms with Gasteiger partial charge in [-0.15, -0.1) is 0 Å². The fourth-order valence-corrected chi connectivity index (χ4v) is 2.73. The third kappa shape index (κ3) is 4.05. The first-order chi connectivity index (χ1) is 10.0. The minimum absolute atomic E-state index is 0.264. The van der Waals surface area contributed by atoms with Gasteiger partial charge in [0.05, 0.1) is 5.02 Å². The van der Waals surface area contributed by atoms with Gasteiger partial charge in [-0.3, -0.25) is 0 Å². The van der Waals surface area contributed by atoms with Gasteiger partial charge in [0, 0.05) is 11.6 Å². The first-order valence-electron chi connectivity index (χ1n) is 7.29. The minimum atomic E-state index is -0.264. The molecule has 21 heavy (non-hydrogen) atoms. The summed E-state index contributed by atoms with van der Waals surface area (Å²) in [4.78, 5) is 0. The molecule has 0 aliphatic carbocycles. The fraction of sp³-hybridized carbons (Fsp3) is 0.333. The second kappa shape index (κ2) is 7.06. The van der Waals surface area contributed by atoms with Gasteiger partial charge in [-0.1, -0.05) is 42.8 Å². The summed E-state index contributed by atoms with van der Waals surface area (Å²) in [6.45, 7) is 7.02. The van der Waals surface area contributed by atoms with E-state index in [0.29, 0.717) is 16.6 Å². The van der Waals surface area contributed by atoms with Gasteiger partial charge in [0.2, 0.25) is 0 Å². The molecule has 1 unspecified atom stereocenters.